The number of hydrogen-bond donors (Lipinski definition) is 0. The van der Waals surface area contributed by atoms with Gasteiger partial charge in [-0.2, -0.15) is 0 Å². The average Bonchev–Trinajstić information content (AvgIpc) is 3.06. The van der Waals surface area contributed by atoms with E-state index in [4.69, 9.17) is 9.15 Å². The molecule has 0 N–H and O–H groups in total. The van der Waals surface area contributed by atoms with Crippen LogP contribution in [0.1, 0.15) is 32.6 Å². The molecule has 0 radical (unpaired) electrons. The summed E-state index contributed by atoms with van der Waals surface area (Å²) in [5.41, 5.74) is 1.69. The van der Waals surface area contributed by atoms with E-state index in [1.165, 1.54) is 0 Å². The molecule has 0 amide bonds. The van der Waals surface area contributed by atoms with Crippen LogP contribution in [0.4, 0.5) is 0 Å². The lowest BCUT2D eigenvalue weighted by Crippen LogP contribution is -2.04. The Morgan fingerprint density at radius 3 is 2.72 bits per heavy atom. The Morgan fingerprint density at radius 1 is 1.08 bits per heavy atom. The van der Waals surface area contributed by atoms with Gasteiger partial charge in [0.25, 0.3) is 0 Å². The van der Waals surface area contributed by atoms with Crippen molar-refractivity contribution in [3.63, 3.8) is 0 Å². The molecule has 0 aliphatic heterocycles. The van der Waals surface area contributed by atoms with Gasteiger partial charge in [-0.25, -0.2) is 4.79 Å². The van der Waals surface area contributed by atoms with E-state index < -0.39 is 5.97 Å². The van der Waals surface area contributed by atoms with Crippen LogP contribution < -0.4 is 4.74 Å². The van der Waals surface area contributed by atoms with Crippen LogP contribution in [-0.2, 0) is 4.79 Å². The first kappa shape index (κ1) is 16.9. The van der Waals surface area contributed by atoms with Crippen molar-refractivity contribution < 1.29 is 13.9 Å². The molecule has 0 spiro atoms. The minimum absolute atomic E-state index is 0.439. The molecule has 0 saturated heterocycles. The molecular weight excluding hydrogens is 312 g/mol. The Morgan fingerprint density at radius 2 is 1.92 bits per heavy atom. The number of hydrogen-bond acceptors (Lipinski definition) is 3. The summed E-state index contributed by atoms with van der Waals surface area (Å²) in [6, 6.07) is 17.2. The normalized spacial score (nSPS) is 10.3. The topological polar surface area (TPSA) is 39.4 Å². The van der Waals surface area contributed by atoms with Crippen molar-refractivity contribution in [2.24, 2.45) is 0 Å². The third-order valence-corrected chi connectivity index (χ3v) is 3.86. The predicted molar refractivity (Wildman–Crippen MR) is 99.2 cm³/mol. The summed E-state index contributed by atoms with van der Waals surface area (Å²) in [7, 11) is 0. The maximum Gasteiger partial charge on any atom is 0.389 e. The second kappa shape index (κ2) is 8.21. The van der Waals surface area contributed by atoms with Crippen molar-refractivity contribution in [3.05, 3.63) is 54.6 Å². The lowest BCUT2D eigenvalue weighted by Gasteiger charge is -1.99. The number of ether oxygens (including phenoxy) is 1. The molecule has 25 heavy (non-hydrogen) atoms. The first-order chi connectivity index (χ1) is 12.3. The van der Waals surface area contributed by atoms with Gasteiger partial charge in [0, 0.05) is 29.4 Å². The van der Waals surface area contributed by atoms with E-state index in [0.29, 0.717) is 11.3 Å². The zero-order valence-electron chi connectivity index (χ0n) is 14.2. The highest BCUT2D eigenvalue weighted by atomic mass is 16.5. The highest BCUT2D eigenvalue weighted by Crippen LogP contribution is 2.30. The van der Waals surface area contributed by atoms with Crippen LogP contribution in [0.25, 0.3) is 22.3 Å². The first-order valence-electron chi connectivity index (χ1n) is 8.56. The molecule has 0 fully saturated rings. The number of benzene rings is 2. The van der Waals surface area contributed by atoms with Crippen LogP contribution in [0.15, 0.2) is 59.0 Å². The molecule has 3 rings (SSSR count). The van der Waals surface area contributed by atoms with Crippen LogP contribution in [0.5, 0.6) is 5.75 Å². The van der Waals surface area contributed by atoms with Crippen LogP contribution in [-0.4, -0.2) is 5.97 Å². The third-order valence-electron chi connectivity index (χ3n) is 3.86. The molecule has 0 aliphatic carbocycles. The summed E-state index contributed by atoms with van der Waals surface area (Å²) in [5.74, 6) is 6.07. The lowest BCUT2D eigenvalue weighted by atomic mass is 10.1. The van der Waals surface area contributed by atoms with E-state index in [9.17, 15) is 4.79 Å². The molecule has 1 heterocycles. The SMILES string of the molecule is CCCCCC#CC(=O)Oc1ccc2cc(-c3ccccc3)oc2c1. The van der Waals surface area contributed by atoms with Gasteiger partial charge in [-0.1, -0.05) is 56.0 Å². The number of furan rings is 1. The average molecular weight is 332 g/mol. The van der Waals surface area contributed by atoms with Crippen molar-refractivity contribution in [3.8, 4) is 28.9 Å². The molecule has 0 bridgehead atoms. The van der Waals surface area contributed by atoms with Crippen LogP contribution in [0.2, 0.25) is 0 Å². The number of carbonyl (C=O) groups excluding carboxylic acids is 1. The highest BCUT2D eigenvalue weighted by molar-refractivity contribution is 5.91. The van der Waals surface area contributed by atoms with Gasteiger partial charge in [-0.3, -0.25) is 0 Å². The fourth-order valence-electron chi connectivity index (χ4n) is 2.55. The van der Waals surface area contributed by atoms with Gasteiger partial charge in [-0.15, -0.1) is 0 Å². The van der Waals surface area contributed by atoms with E-state index in [1.807, 2.05) is 42.5 Å². The van der Waals surface area contributed by atoms with Gasteiger partial charge in [0.1, 0.15) is 17.1 Å². The number of rotatable bonds is 5. The second-order valence-electron chi connectivity index (χ2n) is 5.82. The summed E-state index contributed by atoms with van der Waals surface area (Å²) >= 11 is 0. The molecule has 1 aromatic heterocycles. The van der Waals surface area contributed by atoms with Crippen molar-refractivity contribution in [2.75, 3.05) is 0 Å². The first-order valence-corrected chi connectivity index (χ1v) is 8.56. The predicted octanol–water partition coefficient (Wildman–Crippen LogP) is 5.59. The number of carbonyl (C=O) groups is 1. The minimum atomic E-state index is -0.536. The van der Waals surface area contributed by atoms with E-state index >= 15 is 0 Å². The van der Waals surface area contributed by atoms with Crippen molar-refractivity contribution in [1.82, 2.24) is 0 Å². The Balaban J connectivity index is 1.70. The molecule has 0 unspecified atom stereocenters. The summed E-state index contributed by atoms with van der Waals surface area (Å²) in [4.78, 5) is 11.8. The van der Waals surface area contributed by atoms with Gasteiger partial charge in [0.2, 0.25) is 0 Å². The van der Waals surface area contributed by atoms with E-state index in [-0.39, 0.29) is 0 Å². The Kier molecular flexibility index (Phi) is 5.53. The molecular formula is C22H20O3. The molecule has 0 atom stereocenters. The van der Waals surface area contributed by atoms with E-state index in [0.717, 1.165) is 42.4 Å². The summed E-state index contributed by atoms with van der Waals surface area (Å²) in [5, 5.41) is 0.962. The Bertz CT molecular complexity index is 911. The molecule has 3 nitrogen and oxygen atoms in total. The molecule has 0 saturated carbocycles. The molecule has 0 aliphatic rings. The van der Waals surface area contributed by atoms with Crippen LogP contribution >= 0.6 is 0 Å². The second-order valence-corrected chi connectivity index (χ2v) is 5.82. The largest absolute Gasteiger partial charge is 0.456 e. The third kappa shape index (κ3) is 4.51. The zero-order valence-corrected chi connectivity index (χ0v) is 14.2. The van der Waals surface area contributed by atoms with Gasteiger partial charge in [0.15, 0.2) is 0 Å². The van der Waals surface area contributed by atoms with E-state index in [2.05, 4.69) is 18.8 Å². The number of esters is 1. The maximum atomic E-state index is 11.8. The van der Waals surface area contributed by atoms with Crippen molar-refractivity contribution in [1.29, 1.82) is 0 Å². The summed E-state index contributed by atoms with van der Waals surface area (Å²) < 4.78 is 11.1. The maximum absolute atomic E-state index is 11.8. The fourth-order valence-corrected chi connectivity index (χ4v) is 2.55. The lowest BCUT2D eigenvalue weighted by molar-refractivity contribution is -0.128. The molecule has 3 aromatic rings. The number of fused-ring (bicyclic) bond motifs is 1. The Hall–Kier alpha value is -2.99. The smallest absolute Gasteiger partial charge is 0.389 e. The quantitative estimate of drug-likeness (QED) is 0.201. The monoisotopic (exact) mass is 332 g/mol. The zero-order chi connectivity index (χ0) is 17.5. The van der Waals surface area contributed by atoms with Crippen molar-refractivity contribution >= 4 is 16.9 Å². The van der Waals surface area contributed by atoms with Crippen LogP contribution in [0.3, 0.4) is 0 Å². The molecule has 3 heteroatoms. The summed E-state index contributed by atoms with van der Waals surface area (Å²) in [6.07, 6.45) is 4.00. The molecule has 126 valence electrons. The Labute approximate surface area is 147 Å². The van der Waals surface area contributed by atoms with Gasteiger partial charge < -0.3 is 9.15 Å². The number of unbranched alkanes of at least 4 members (excludes halogenated alkanes) is 3. The standard InChI is InChI=1S/C22H20O3/c1-2-3-4-5-9-12-22(23)24-19-14-13-18-15-20(25-21(18)16-19)17-10-7-6-8-11-17/h6-8,10-11,13-16H,2-5H2,1H3. The van der Waals surface area contributed by atoms with Gasteiger partial charge in [-0.05, 0) is 24.6 Å². The van der Waals surface area contributed by atoms with Crippen LogP contribution in [0, 0.1) is 11.8 Å². The van der Waals surface area contributed by atoms with Crippen molar-refractivity contribution in [2.45, 2.75) is 32.6 Å². The minimum Gasteiger partial charge on any atom is -0.456 e. The van der Waals surface area contributed by atoms with Gasteiger partial charge in [0.05, 0.1) is 0 Å². The highest BCUT2D eigenvalue weighted by Gasteiger charge is 2.08. The van der Waals surface area contributed by atoms with E-state index in [1.54, 1.807) is 12.1 Å². The fraction of sp³-hybridized carbons (Fsp3) is 0.227. The molecule has 2 aromatic carbocycles. The van der Waals surface area contributed by atoms with Gasteiger partial charge >= 0.3 is 5.97 Å². The summed E-state index contributed by atoms with van der Waals surface area (Å²) in [6.45, 7) is 2.13.